The second-order valence-corrected chi connectivity index (χ2v) is 3.97. The van der Waals surface area contributed by atoms with Crippen LogP contribution in [-0.4, -0.2) is 5.16 Å². The highest BCUT2D eigenvalue weighted by Gasteiger charge is 2.04. The maximum atomic E-state index is 12.9. The molecule has 0 aliphatic rings. The molecule has 0 radical (unpaired) electrons. The summed E-state index contributed by atoms with van der Waals surface area (Å²) < 4.78 is 17.8. The minimum Gasteiger partial charge on any atom is -0.398 e. The molecular weight excluding hydrogens is 215 g/mol. The Kier molecular flexibility index (Phi) is 2.91. The molecule has 0 amide bonds. The van der Waals surface area contributed by atoms with Crippen molar-refractivity contribution < 1.29 is 8.91 Å². The summed E-state index contributed by atoms with van der Waals surface area (Å²) in [6, 6.07) is 6.07. The highest BCUT2D eigenvalue weighted by molar-refractivity contribution is 7.98. The average molecular weight is 224 g/mol. The third-order valence-corrected chi connectivity index (χ3v) is 2.93. The van der Waals surface area contributed by atoms with Gasteiger partial charge in [0.15, 0.2) is 0 Å². The van der Waals surface area contributed by atoms with E-state index in [0.29, 0.717) is 16.3 Å². The molecule has 0 saturated heterocycles. The zero-order chi connectivity index (χ0) is 10.7. The predicted octanol–water partition coefficient (Wildman–Crippen LogP) is 2.69. The standard InChI is InChI=1S/C10H9FN2OS/c11-7-1-2-9(12)10(5-7)15-6-8-3-4-13-14-8/h1-5H,6,12H2. The van der Waals surface area contributed by atoms with E-state index in [1.807, 2.05) is 0 Å². The van der Waals surface area contributed by atoms with Crippen molar-refractivity contribution in [3.63, 3.8) is 0 Å². The number of hydrogen-bond acceptors (Lipinski definition) is 4. The summed E-state index contributed by atoms with van der Waals surface area (Å²) in [6.45, 7) is 0. The van der Waals surface area contributed by atoms with Gasteiger partial charge in [-0.1, -0.05) is 5.16 Å². The molecule has 0 spiro atoms. The molecule has 0 saturated carbocycles. The third kappa shape index (κ3) is 2.50. The first-order valence-electron chi connectivity index (χ1n) is 4.33. The molecule has 0 atom stereocenters. The van der Waals surface area contributed by atoms with Gasteiger partial charge in [-0.3, -0.25) is 0 Å². The SMILES string of the molecule is Nc1ccc(F)cc1SCc1ccno1. The number of anilines is 1. The number of halogens is 1. The number of nitrogen functional groups attached to an aromatic ring is 1. The van der Waals surface area contributed by atoms with Crippen LogP contribution >= 0.6 is 11.8 Å². The Hall–Kier alpha value is -1.49. The molecule has 0 aliphatic carbocycles. The lowest BCUT2D eigenvalue weighted by Gasteiger charge is -2.03. The van der Waals surface area contributed by atoms with Gasteiger partial charge in [-0.25, -0.2) is 4.39 Å². The predicted molar refractivity (Wildman–Crippen MR) is 56.9 cm³/mol. The van der Waals surface area contributed by atoms with Crippen molar-refractivity contribution in [2.75, 3.05) is 5.73 Å². The fraction of sp³-hybridized carbons (Fsp3) is 0.100. The number of aromatic nitrogens is 1. The Balaban J connectivity index is 2.07. The van der Waals surface area contributed by atoms with Crippen LogP contribution < -0.4 is 5.73 Å². The van der Waals surface area contributed by atoms with Gasteiger partial charge in [-0.15, -0.1) is 11.8 Å². The first-order chi connectivity index (χ1) is 7.25. The molecular formula is C10H9FN2OS. The molecule has 1 aromatic carbocycles. The van der Waals surface area contributed by atoms with Crippen LogP contribution in [-0.2, 0) is 5.75 Å². The van der Waals surface area contributed by atoms with Crippen LogP contribution in [0.15, 0.2) is 39.9 Å². The molecule has 2 N–H and O–H groups in total. The summed E-state index contributed by atoms with van der Waals surface area (Å²) >= 11 is 1.42. The molecule has 0 bridgehead atoms. The van der Waals surface area contributed by atoms with Gasteiger partial charge in [0.25, 0.3) is 0 Å². The van der Waals surface area contributed by atoms with E-state index in [4.69, 9.17) is 10.3 Å². The van der Waals surface area contributed by atoms with Gasteiger partial charge in [-0.2, -0.15) is 0 Å². The number of rotatable bonds is 3. The Morgan fingerprint density at radius 2 is 2.27 bits per heavy atom. The second-order valence-electron chi connectivity index (χ2n) is 2.95. The topological polar surface area (TPSA) is 52.0 Å². The van der Waals surface area contributed by atoms with Crippen molar-refractivity contribution in [3.05, 3.63) is 42.0 Å². The fourth-order valence-corrected chi connectivity index (χ4v) is 1.98. The van der Waals surface area contributed by atoms with Gasteiger partial charge in [-0.05, 0) is 18.2 Å². The highest BCUT2D eigenvalue weighted by Crippen LogP contribution is 2.28. The van der Waals surface area contributed by atoms with Gasteiger partial charge in [0.2, 0.25) is 0 Å². The lowest BCUT2D eigenvalue weighted by molar-refractivity contribution is 0.395. The van der Waals surface area contributed by atoms with E-state index in [1.165, 1.54) is 23.9 Å². The normalized spacial score (nSPS) is 10.5. The zero-order valence-electron chi connectivity index (χ0n) is 7.81. The Bertz CT molecular complexity index is 445. The molecule has 2 aromatic rings. The molecule has 78 valence electrons. The van der Waals surface area contributed by atoms with Crippen LogP contribution in [0.25, 0.3) is 0 Å². The van der Waals surface area contributed by atoms with Gasteiger partial charge >= 0.3 is 0 Å². The molecule has 1 aromatic heterocycles. The van der Waals surface area contributed by atoms with E-state index in [1.54, 1.807) is 18.3 Å². The summed E-state index contributed by atoms with van der Waals surface area (Å²) in [4.78, 5) is 0.714. The summed E-state index contributed by atoms with van der Waals surface area (Å²) in [6.07, 6.45) is 1.57. The summed E-state index contributed by atoms with van der Waals surface area (Å²) in [5, 5.41) is 3.58. The van der Waals surface area contributed by atoms with Crippen molar-refractivity contribution in [1.82, 2.24) is 5.16 Å². The molecule has 2 rings (SSSR count). The quantitative estimate of drug-likeness (QED) is 0.643. The third-order valence-electron chi connectivity index (χ3n) is 1.84. The summed E-state index contributed by atoms with van der Waals surface area (Å²) in [5.41, 5.74) is 6.27. The van der Waals surface area contributed by atoms with Gasteiger partial charge in [0.1, 0.15) is 11.6 Å². The average Bonchev–Trinajstić information content (AvgIpc) is 2.72. The summed E-state index contributed by atoms with van der Waals surface area (Å²) in [7, 11) is 0. The largest absolute Gasteiger partial charge is 0.398 e. The van der Waals surface area contributed by atoms with Gasteiger partial charge < -0.3 is 10.3 Å². The van der Waals surface area contributed by atoms with E-state index in [2.05, 4.69) is 5.16 Å². The summed E-state index contributed by atoms with van der Waals surface area (Å²) in [5.74, 6) is 1.04. The Morgan fingerprint density at radius 3 is 3.00 bits per heavy atom. The van der Waals surface area contributed by atoms with E-state index in [-0.39, 0.29) is 5.82 Å². The van der Waals surface area contributed by atoms with Gasteiger partial charge in [0, 0.05) is 16.6 Å². The van der Waals surface area contributed by atoms with E-state index < -0.39 is 0 Å². The van der Waals surface area contributed by atoms with Crippen molar-refractivity contribution in [2.45, 2.75) is 10.6 Å². The van der Waals surface area contributed by atoms with E-state index in [0.717, 1.165) is 5.76 Å². The number of nitrogens with zero attached hydrogens (tertiary/aromatic N) is 1. The van der Waals surface area contributed by atoms with Crippen LogP contribution in [0.3, 0.4) is 0 Å². The second kappa shape index (κ2) is 4.35. The van der Waals surface area contributed by atoms with Crippen LogP contribution in [0.1, 0.15) is 5.76 Å². The smallest absolute Gasteiger partial charge is 0.146 e. The van der Waals surface area contributed by atoms with Crippen molar-refractivity contribution in [2.24, 2.45) is 0 Å². The molecule has 0 aliphatic heterocycles. The van der Waals surface area contributed by atoms with E-state index >= 15 is 0 Å². The highest BCUT2D eigenvalue weighted by atomic mass is 32.2. The molecule has 5 heteroatoms. The van der Waals surface area contributed by atoms with Gasteiger partial charge in [0.05, 0.1) is 11.9 Å². The lowest BCUT2D eigenvalue weighted by Crippen LogP contribution is -1.89. The van der Waals surface area contributed by atoms with Crippen molar-refractivity contribution >= 4 is 17.4 Å². The number of nitrogens with two attached hydrogens (primary N) is 1. The van der Waals surface area contributed by atoms with E-state index in [9.17, 15) is 4.39 Å². The van der Waals surface area contributed by atoms with Crippen molar-refractivity contribution in [1.29, 1.82) is 0 Å². The first-order valence-corrected chi connectivity index (χ1v) is 5.31. The number of thioether (sulfide) groups is 1. The Morgan fingerprint density at radius 1 is 1.40 bits per heavy atom. The lowest BCUT2D eigenvalue weighted by atomic mass is 10.3. The van der Waals surface area contributed by atoms with Crippen LogP contribution in [0.4, 0.5) is 10.1 Å². The van der Waals surface area contributed by atoms with Crippen LogP contribution in [0.2, 0.25) is 0 Å². The minimum atomic E-state index is -0.288. The molecule has 3 nitrogen and oxygen atoms in total. The number of benzene rings is 1. The van der Waals surface area contributed by atoms with Crippen molar-refractivity contribution in [3.8, 4) is 0 Å². The monoisotopic (exact) mass is 224 g/mol. The maximum absolute atomic E-state index is 12.9. The first kappa shape index (κ1) is 10.0. The van der Waals surface area contributed by atoms with Crippen LogP contribution in [0.5, 0.6) is 0 Å². The fourth-order valence-electron chi connectivity index (χ4n) is 1.10. The molecule has 0 fully saturated rings. The maximum Gasteiger partial charge on any atom is 0.146 e. The molecule has 1 heterocycles. The molecule has 15 heavy (non-hydrogen) atoms. The molecule has 0 unspecified atom stereocenters. The minimum absolute atomic E-state index is 0.288. The zero-order valence-corrected chi connectivity index (χ0v) is 8.63. The Labute approximate surface area is 90.4 Å². The van der Waals surface area contributed by atoms with Crippen LogP contribution in [0, 0.1) is 5.82 Å². The number of hydrogen-bond donors (Lipinski definition) is 1.